The van der Waals surface area contributed by atoms with Crippen LogP contribution in [0.4, 0.5) is 8.78 Å². The van der Waals surface area contributed by atoms with Crippen LogP contribution in [0.15, 0.2) is 18.2 Å². The second kappa shape index (κ2) is 6.37. The fourth-order valence-electron chi connectivity index (χ4n) is 1.06. The van der Waals surface area contributed by atoms with Crippen LogP contribution in [0.25, 0.3) is 0 Å². The Morgan fingerprint density at radius 3 is 2.81 bits per heavy atom. The molecule has 88 valence electrons. The van der Waals surface area contributed by atoms with Gasteiger partial charge >= 0.3 is 0 Å². The Morgan fingerprint density at radius 1 is 1.44 bits per heavy atom. The van der Waals surface area contributed by atoms with Crippen LogP contribution in [0.2, 0.25) is 0 Å². The molecule has 1 rings (SSSR count). The van der Waals surface area contributed by atoms with Crippen LogP contribution in [0, 0.1) is 11.6 Å². The SMILES string of the molecule is CCCCNC(=S)Oc1ccc(F)cc1F. The molecule has 0 aliphatic carbocycles. The molecule has 0 atom stereocenters. The molecule has 0 spiro atoms. The van der Waals surface area contributed by atoms with Gasteiger partial charge in [-0.25, -0.2) is 8.78 Å². The molecule has 5 heteroatoms. The third kappa shape index (κ3) is 4.10. The molecule has 16 heavy (non-hydrogen) atoms. The van der Waals surface area contributed by atoms with Gasteiger partial charge in [0.15, 0.2) is 11.6 Å². The maximum absolute atomic E-state index is 13.1. The Balaban J connectivity index is 2.49. The number of hydrogen-bond acceptors (Lipinski definition) is 2. The number of nitrogens with one attached hydrogen (secondary N) is 1. The quantitative estimate of drug-likeness (QED) is 0.651. The summed E-state index contributed by atoms with van der Waals surface area (Å²) < 4.78 is 30.8. The minimum atomic E-state index is -0.764. The van der Waals surface area contributed by atoms with E-state index in [1.54, 1.807) is 0 Å². The third-order valence-electron chi connectivity index (χ3n) is 1.90. The fourth-order valence-corrected chi connectivity index (χ4v) is 1.25. The Morgan fingerprint density at radius 2 is 2.19 bits per heavy atom. The summed E-state index contributed by atoms with van der Waals surface area (Å²) in [7, 11) is 0. The van der Waals surface area contributed by atoms with E-state index in [1.165, 1.54) is 6.07 Å². The van der Waals surface area contributed by atoms with Crippen molar-refractivity contribution < 1.29 is 13.5 Å². The maximum Gasteiger partial charge on any atom is 0.262 e. The van der Waals surface area contributed by atoms with Crippen LogP contribution in [0.3, 0.4) is 0 Å². The monoisotopic (exact) mass is 245 g/mol. The summed E-state index contributed by atoms with van der Waals surface area (Å²) >= 11 is 4.85. The molecule has 0 aliphatic rings. The lowest BCUT2D eigenvalue weighted by Crippen LogP contribution is -2.27. The van der Waals surface area contributed by atoms with Gasteiger partial charge in [0.05, 0.1) is 0 Å². The van der Waals surface area contributed by atoms with Crippen LogP contribution in [0.5, 0.6) is 5.75 Å². The second-order valence-electron chi connectivity index (χ2n) is 3.24. The van der Waals surface area contributed by atoms with E-state index in [-0.39, 0.29) is 10.9 Å². The minimum Gasteiger partial charge on any atom is -0.429 e. The smallest absolute Gasteiger partial charge is 0.262 e. The van der Waals surface area contributed by atoms with Gasteiger partial charge in [-0.3, -0.25) is 0 Å². The highest BCUT2D eigenvalue weighted by Crippen LogP contribution is 2.17. The molecule has 0 bridgehead atoms. The summed E-state index contributed by atoms with van der Waals surface area (Å²) in [6.45, 7) is 2.73. The summed E-state index contributed by atoms with van der Waals surface area (Å²) in [6, 6.07) is 3.08. The lowest BCUT2D eigenvalue weighted by molar-refractivity contribution is 0.472. The predicted octanol–water partition coefficient (Wildman–Crippen LogP) is 3.02. The summed E-state index contributed by atoms with van der Waals surface area (Å²) in [5.74, 6) is -1.48. The summed E-state index contributed by atoms with van der Waals surface area (Å²) in [4.78, 5) is 0. The average molecular weight is 245 g/mol. The van der Waals surface area contributed by atoms with Gasteiger partial charge in [-0.1, -0.05) is 13.3 Å². The van der Waals surface area contributed by atoms with Crippen molar-refractivity contribution in [1.82, 2.24) is 5.32 Å². The van der Waals surface area contributed by atoms with Crippen molar-refractivity contribution in [2.75, 3.05) is 6.54 Å². The lowest BCUT2D eigenvalue weighted by atomic mass is 10.3. The molecule has 2 nitrogen and oxygen atoms in total. The van der Waals surface area contributed by atoms with Crippen molar-refractivity contribution in [1.29, 1.82) is 0 Å². The van der Waals surface area contributed by atoms with Gasteiger partial charge in [-0.2, -0.15) is 0 Å². The minimum absolute atomic E-state index is 0.0737. The van der Waals surface area contributed by atoms with Crippen molar-refractivity contribution >= 4 is 17.4 Å². The Labute approximate surface area is 98.6 Å². The molecule has 0 saturated carbocycles. The second-order valence-corrected chi connectivity index (χ2v) is 3.62. The number of thiocarbonyl (C=S) groups is 1. The molecule has 0 amide bonds. The van der Waals surface area contributed by atoms with Crippen molar-refractivity contribution in [2.24, 2.45) is 0 Å². The Hall–Kier alpha value is -1.23. The number of benzene rings is 1. The van der Waals surface area contributed by atoms with Crippen molar-refractivity contribution in [3.05, 3.63) is 29.8 Å². The molecular formula is C11H13F2NOS. The molecule has 0 saturated heterocycles. The number of hydrogen-bond donors (Lipinski definition) is 1. The van der Waals surface area contributed by atoms with Gasteiger partial charge in [0, 0.05) is 12.6 Å². The van der Waals surface area contributed by atoms with Crippen molar-refractivity contribution in [3.63, 3.8) is 0 Å². The van der Waals surface area contributed by atoms with Gasteiger partial charge in [-0.05, 0) is 30.8 Å². The molecule has 0 aromatic heterocycles. The van der Waals surface area contributed by atoms with E-state index in [1.807, 2.05) is 6.92 Å². The highest BCUT2D eigenvalue weighted by molar-refractivity contribution is 7.80. The highest BCUT2D eigenvalue weighted by Gasteiger charge is 2.07. The largest absolute Gasteiger partial charge is 0.429 e. The standard InChI is InChI=1S/C11H13F2NOS/c1-2-3-6-14-11(16)15-10-5-4-8(12)7-9(10)13/h4-5,7H,2-3,6H2,1H3,(H,14,16). The van der Waals surface area contributed by atoms with E-state index in [9.17, 15) is 8.78 Å². The maximum atomic E-state index is 13.1. The molecule has 0 heterocycles. The molecule has 0 aliphatic heterocycles. The van der Waals surface area contributed by atoms with Crippen molar-refractivity contribution in [2.45, 2.75) is 19.8 Å². The Kier molecular flexibility index (Phi) is 5.11. The summed E-state index contributed by atoms with van der Waals surface area (Å²) in [6.07, 6.45) is 1.98. The van der Waals surface area contributed by atoms with Gasteiger partial charge in [0.2, 0.25) is 0 Å². The first kappa shape index (κ1) is 12.8. The number of rotatable bonds is 4. The average Bonchev–Trinajstić information content (AvgIpc) is 2.23. The van der Waals surface area contributed by atoms with Gasteiger partial charge in [0.25, 0.3) is 5.17 Å². The zero-order chi connectivity index (χ0) is 12.0. The summed E-state index contributed by atoms with van der Waals surface area (Å²) in [5, 5.41) is 2.92. The van der Waals surface area contributed by atoms with E-state index in [0.717, 1.165) is 25.0 Å². The zero-order valence-corrected chi connectivity index (χ0v) is 9.74. The van der Waals surface area contributed by atoms with Crippen LogP contribution >= 0.6 is 12.2 Å². The molecular weight excluding hydrogens is 232 g/mol. The number of ether oxygens (including phenoxy) is 1. The zero-order valence-electron chi connectivity index (χ0n) is 8.93. The normalized spacial score (nSPS) is 9.94. The molecule has 1 aromatic carbocycles. The number of halogens is 2. The summed E-state index contributed by atoms with van der Waals surface area (Å²) in [5.41, 5.74) is 0. The van der Waals surface area contributed by atoms with E-state index in [4.69, 9.17) is 17.0 Å². The third-order valence-corrected chi connectivity index (χ3v) is 2.12. The highest BCUT2D eigenvalue weighted by atomic mass is 32.1. The molecule has 0 fully saturated rings. The fraction of sp³-hybridized carbons (Fsp3) is 0.364. The molecule has 0 unspecified atom stereocenters. The van der Waals surface area contributed by atoms with E-state index >= 15 is 0 Å². The molecule has 1 N–H and O–H groups in total. The lowest BCUT2D eigenvalue weighted by Gasteiger charge is -2.09. The van der Waals surface area contributed by atoms with Gasteiger partial charge < -0.3 is 10.1 Å². The van der Waals surface area contributed by atoms with E-state index < -0.39 is 11.6 Å². The van der Waals surface area contributed by atoms with Crippen LogP contribution in [-0.4, -0.2) is 11.7 Å². The first-order valence-electron chi connectivity index (χ1n) is 5.04. The van der Waals surface area contributed by atoms with Gasteiger partial charge in [0.1, 0.15) is 5.82 Å². The van der Waals surface area contributed by atoms with Crippen LogP contribution in [-0.2, 0) is 0 Å². The number of unbranched alkanes of at least 4 members (excludes halogenated alkanes) is 1. The van der Waals surface area contributed by atoms with Crippen LogP contribution < -0.4 is 10.1 Å². The predicted molar refractivity (Wildman–Crippen MR) is 62.5 cm³/mol. The first-order chi connectivity index (χ1) is 7.63. The van der Waals surface area contributed by atoms with Gasteiger partial charge in [-0.15, -0.1) is 0 Å². The molecule has 1 aromatic rings. The first-order valence-corrected chi connectivity index (χ1v) is 5.45. The Bertz CT molecular complexity index is 371. The molecule has 0 radical (unpaired) electrons. The van der Waals surface area contributed by atoms with Crippen molar-refractivity contribution in [3.8, 4) is 5.75 Å². The van der Waals surface area contributed by atoms with E-state index in [0.29, 0.717) is 6.54 Å². The van der Waals surface area contributed by atoms with Crippen LogP contribution in [0.1, 0.15) is 19.8 Å². The van der Waals surface area contributed by atoms with E-state index in [2.05, 4.69) is 5.32 Å². The topological polar surface area (TPSA) is 21.3 Å².